The number of aryl methyl sites for hydroxylation is 1. The molecule has 0 unspecified atom stereocenters. The fourth-order valence-corrected chi connectivity index (χ4v) is 6.67. The number of thiazole rings is 1. The Hall–Kier alpha value is -2.77. The van der Waals surface area contributed by atoms with E-state index in [0.717, 1.165) is 18.9 Å². The Balaban J connectivity index is 1.35. The lowest BCUT2D eigenvalue weighted by molar-refractivity contribution is 0.0103. The standard InChI is InChI=1S/C28H34Cl2N6O5S/c1-4-40-20-15-36(7-6-17(20)12-19(37)25-23(30)22(29)16(3)33-25)28-34-24(26(42-28)27(38)41-5-2)18-13-32-21(14-31-18)35-8-10-39-11-9-35/h13-14,17,20,33H,4-12,15H2,1-3H3/t17-,20-/m0/s1. The summed E-state index contributed by atoms with van der Waals surface area (Å²) in [4.78, 5) is 47.7. The lowest BCUT2D eigenvalue weighted by Crippen LogP contribution is -2.46. The molecule has 2 fully saturated rings. The summed E-state index contributed by atoms with van der Waals surface area (Å²) in [5, 5.41) is 1.29. The summed E-state index contributed by atoms with van der Waals surface area (Å²) < 4.78 is 16.9. The average molecular weight is 638 g/mol. The third-order valence-corrected chi connectivity index (χ3v) is 9.46. The van der Waals surface area contributed by atoms with E-state index >= 15 is 0 Å². The van der Waals surface area contributed by atoms with Gasteiger partial charge < -0.3 is 29.0 Å². The van der Waals surface area contributed by atoms with Gasteiger partial charge in [0.2, 0.25) is 0 Å². The Kier molecular flexibility index (Phi) is 10.00. The van der Waals surface area contributed by atoms with Crippen LogP contribution in [-0.2, 0) is 14.2 Å². The lowest BCUT2D eigenvalue weighted by atomic mass is 9.88. The molecule has 2 aliphatic heterocycles. The van der Waals surface area contributed by atoms with Crippen molar-refractivity contribution in [1.29, 1.82) is 0 Å². The van der Waals surface area contributed by atoms with Crippen molar-refractivity contribution >= 4 is 57.2 Å². The minimum Gasteiger partial charge on any atom is -0.462 e. The van der Waals surface area contributed by atoms with Crippen LogP contribution in [0.25, 0.3) is 11.4 Å². The first-order valence-corrected chi connectivity index (χ1v) is 15.6. The van der Waals surface area contributed by atoms with E-state index in [2.05, 4.69) is 24.8 Å². The molecule has 0 aromatic carbocycles. The summed E-state index contributed by atoms with van der Waals surface area (Å²) >= 11 is 13.8. The van der Waals surface area contributed by atoms with Crippen LogP contribution < -0.4 is 9.80 Å². The van der Waals surface area contributed by atoms with Crippen molar-refractivity contribution in [2.24, 2.45) is 5.92 Å². The predicted molar refractivity (Wildman–Crippen MR) is 162 cm³/mol. The maximum absolute atomic E-state index is 13.1. The number of piperidine rings is 1. The highest BCUT2D eigenvalue weighted by Crippen LogP contribution is 2.37. The number of ether oxygens (including phenoxy) is 3. The number of aromatic amines is 1. The van der Waals surface area contributed by atoms with Crippen molar-refractivity contribution in [2.75, 3.05) is 62.4 Å². The van der Waals surface area contributed by atoms with E-state index in [1.54, 1.807) is 26.2 Å². The number of hydrogen-bond donors (Lipinski definition) is 1. The molecular formula is C28H34Cl2N6O5S. The van der Waals surface area contributed by atoms with E-state index in [-0.39, 0.29) is 35.9 Å². The molecular weight excluding hydrogens is 603 g/mol. The first-order valence-electron chi connectivity index (χ1n) is 14.1. The molecule has 0 bridgehead atoms. The number of aromatic nitrogens is 4. The highest BCUT2D eigenvalue weighted by atomic mass is 35.5. The number of halogens is 2. The molecule has 1 N–H and O–H groups in total. The maximum atomic E-state index is 13.1. The molecule has 0 saturated carbocycles. The number of hydrogen-bond acceptors (Lipinski definition) is 11. The summed E-state index contributed by atoms with van der Waals surface area (Å²) in [5.74, 6) is 0.187. The first-order chi connectivity index (χ1) is 20.3. The molecule has 3 aromatic rings. The molecule has 5 heterocycles. The van der Waals surface area contributed by atoms with Gasteiger partial charge >= 0.3 is 5.97 Å². The SMILES string of the molecule is CCOC(=O)c1sc(N2CC[C@@H](CC(=O)c3[nH]c(C)c(Cl)c3Cl)[C@@H](OCC)C2)nc1-c1cnc(N2CCOCC2)cn1. The fourth-order valence-electron chi connectivity index (χ4n) is 5.23. The third-order valence-electron chi connectivity index (χ3n) is 7.42. The number of Topliss-reactive ketones (excluding diaryl/α,β-unsaturated/α-hetero) is 1. The van der Waals surface area contributed by atoms with E-state index in [1.165, 1.54) is 11.3 Å². The highest BCUT2D eigenvalue weighted by molar-refractivity contribution is 7.17. The summed E-state index contributed by atoms with van der Waals surface area (Å²) in [7, 11) is 0. The molecule has 0 amide bonds. The van der Waals surface area contributed by atoms with Crippen molar-refractivity contribution in [3.05, 3.63) is 38.7 Å². The number of rotatable bonds is 10. The fraction of sp³-hybridized carbons (Fsp3) is 0.536. The van der Waals surface area contributed by atoms with Gasteiger partial charge in [-0.1, -0.05) is 34.5 Å². The number of carbonyl (C=O) groups excluding carboxylic acids is 2. The van der Waals surface area contributed by atoms with Crippen LogP contribution in [0.4, 0.5) is 10.9 Å². The number of morpholine rings is 1. The number of anilines is 2. The molecule has 0 spiro atoms. The van der Waals surface area contributed by atoms with E-state index in [9.17, 15) is 9.59 Å². The van der Waals surface area contributed by atoms with Crippen LogP contribution in [0.2, 0.25) is 10.0 Å². The van der Waals surface area contributed by atoms with Gasteiger partial charge in [0.1, 0.15) is 27.8 Å². The molecule has 2 aliphatic rings. The first kappa shape index (κ1) is 30.7. The molecule has 0 aliphatic carbocycles. The van der Waals surface area contributed by atoms with Crippen molar-refractivity contribution < 1.29 is 23.8 Å². The smallest absolute Gasteiger partial charge is 0.350 e. The summed E-state index contributed by atoms with van der Waals surface area (Å²) in [6, 6.07) is 0. The van der Waals surface area contributed by atoms with Gasteiger partial charge in [-0.15, -0.1) is 0 Å². The molecule has 2 atom stereocenters. The van der Waals surface area contributed by atoms with Crippen LogP contribution in [0.3, 0.4) is 0 Å². The second kappa shape index (κ2) is 13.7. The molecule has 226 valence electrons. The van der Waals surface area contributed by atoms with Crippen LogP contribution in [0.15, 0.2) is 12.4 Å². The molecule has 5 rings (SSSR count). The predicted octanol–water partition coefficient (Wildman–Crippen LogP) is 5.06. The number of nitrogens with zero attached hydrogens (tertiary/aromatic N) is 5. The minimum atomic E-state index is -0.450. The number of H-pyrrole nitrogens is 1. The van der Waals surface area contributed by atoms with Crippen LogP contribution in [-0.4, -0.2) is 90.4 Å². The molecule has 3 aromatic heterocycles. The molecule has 14 heteroatoms. The minimum absolute atomic E-state index is 0.0188. The summed E-state index contributed by atoms with van der Waals surface area (Å²) in [5.41, 5.74) is 1.93. The topological polar surface area (TPSA) is 123 Å². The second-order valence-electron chi connectivity index (χ2n) is 10.1. The summed E-state index contributed by atoms with van der Waals surface area (Å²) in [6.45, 7) is 10.2. The van der Waals surface area contributed by atoms with Crippen molar-refractivity contribution in [3.63, 3.8) is 0 Å². The Morgan fingerprint density at radius 1 is 1.10 bits per heavy atom. The molecule has 2 saturated heterocycles. The zero-order chi connectivity index (χ0) is 29.8. The summed E-state index contributed by atoms with van der Waals surface area (Å²) in [6.07, 6.45) is 4.10. The second-order valence-corrected chi connectivity index (χ2v) is 11.9. The monoisotopic (exact) mass is 636 g/mol. The van der Waals surface area contributed by atoms with Crippen LogP contribution in [0.1, 0.15) is 52.5 Å². The number of carbonyl (C=O) groups is 2. The van der Waals surface area contributed by atoms with Crippen molar-refractivity contribution in [1.82, 2.24) is 19.9 Å². The zero-order valence-corrected chi connectivity index (χ0v) is 26.2. The zero-order valence-electron chi connectivity index (χ0n) is 23.8. The average Bonchev–Trinajstić information content (AvgIpc) is 3.56. The van der Waals surface area contributed by atoms with Crippen LogP contribution >= 0.6 is 34.5 Å². The van der Waals surface area contributed by atoms with E-state index < -0.39 is 5.97 Å². The number of ketones is 1. The Labute approximate surface area is 258 Å². The van der Waals surface area contributed by atoms with Crippen molar-refractivity contribution in [3.8, 4) is 11.4 Å². The maximum Gasteiger partial charge on any atom is 0.350 e. The van der Waals surface area contributed by atoms with Crippen molar-refractivity contribution in [2.45, 2.75) is 39.7 Å². The Morgan fingerprint density at radius 3 is 2.52 bits per heavy atom. The highest BCUT2D eigenvalue weighted by Gasteiger charge is 2.35. The molecule has 0 radical (unpaired) electrons. The van der Waals surface area contributed by atoms with Gasteiger partial charge in [0.25, 0.3) is 0 Å². The Morgan fingerprint density at radius 2 is 1.88 bits per heavy atom. The van der Waals surface area contributed by atoms with Crippen LogP contribution in [0, 0.1) is 12.8 Å². The van der Waals surface area contributed by atoms with Crippen LogP contribution in [0.5, 0.6) is 0 Å². The van der Waals surface area contributed by atoms with Gasteiger partial charge in [-0.2, -0.15) is 0 Å². The van der Waals surface area contributed by atoms with Gasteiger partial charge in [0.05, 0.1) is 48.4 Å². The number of nitrogens with one attached hydrogen (secondary N) is 1. The molecule has 42 heavy (non-hydrogen) atoms. The van der Waals surface area contributed by atoms with E-state index in [1.807, 2.05) is 6.92 Å². The van der Waals surface area contributed by atoms with E-state index in [4.69, 9.17) is 42.4 Å². The lowest BCUT2D eigenvalue weighted by Gasteiger charge is -2.38. The quantitative estimate of drug-likeness (QED) is 0.238. The van der Waals surface area contributed by atoms with Gasteiger partial charge in [-0.25, -0.2) is 19.7 Å². The number of esters is 1. The van der Waals surface area contributed by atoms with Gasteiger partial charge in [0.15, 0.2) is 10.9 Å². The normalized spacial score (nSPS) is 19.3. The molecule has 11 nitrogen and oxygen atoms in total. The van der Waals surface area contributed by atoms with E-state index in [0.29, 0.717) is 77.1 Å². The largest absolute Gasteiger partial charge is 0.462 e. The van der Waals surface area contributed by atoms with Gasteiger partial charge in [0, 0.05) is 44.9 Å². The van der Waals surface area contributed by atoms with Gasteiger partial charge in [-0.05, 0) is 33.1 Å². The third kappa shape index (κ3) is 6.57. The Bertz CT molecular complexity index is 1410. The van der Waals surface area contributed by atoms with Gasteiger partial charge in [-0.3, -0.25) is 4.79 Å².